The molecule has 0 bridgehead atoms. The second-order valence-electron chi connectivity index (χ2n) is 2.50. The first-order chi connectivity index (χ1) is 5.85. The van der Waals surface area contributed by atoms with Crippen LogP contribution in [0.25, 0.3) is 0 Å². The van der Waals surface area contributed by atoms with Crippen LogP contribution < -0.4 is 0 Å². The third-order valence-corrected chi connectivity index (χ3v) is 1.42. The Kier molecular flexibility index (Phi) is 7.46. The van der Waals surface area contributed by atoms with Crippen molar-refractivity contribution >= 4 is 0 Å². The summed E-state index contributed by atoms with van der Waals surface area (Å²) in [6.07, 6.45) is 9.82. The van der Waals surface area contributed by atoms with Crippen LogP contribution in [0.4, 0.5) is 0 Å². The summed E-state index contributed by atoms with van der Waals surface area (Å²) < 4.78 is 5.43. The molecular weight excluding hydrogens is 148 g/mol. The molecule has 0 aromatic carbocycles. The van der Waals surface area contributed by atoms with Gasteiger partial charge in [0.1, 0.15) is 5.76 Å². The molecular formula is C11H18O. The zero-order chi connectivity index (χ0) is 9.23. The summed E-state index contributed by atoms with van der Waals surface area (Å²) in [5, 5.41) is 0. The molecule has 0 radical (unpaired) electrons. The average molecular weight is 166 g/mol. The van der Waals surface area contributed by atoms with Gasteiger partial charge in [0.05, 0.1) is 6.61 Å². The molecule has 0 aromatic heterocycles. The lowest BCUT2D eigenvalue weighted by Gasteiger charge is -2.03. The van der Waals surface area contributed by atoms with Gasteiger partial charge in [0, 0.05) is 0 Å². The van der Waals surface area contributed by atoms with Crippen molar-refractivity contribution in [1.29, 1.82) is 0 Å². The van der Waals surface area contributed by atoms with Crippen molar-refractivity contribution in [3.63, 3.8) is 0 Å². The van der Waals surface area contributed by atoms with Gasteiger partial charge in [-0.05, 0) is 25.5 Å². The summed E-state index contributed by atoms with van der Waals surface area (Å²) in [5.41, 5.74) is 0. The van der Waals surface area contributed by atoms with E-state index in [0.717, 1.165) is 25.2 Å². The molecule has 0 aromatic rings. The van der Waals surface area contributed by atoms with Gasteiger partial charge < -0.3 is 4.74 Å². The highest BCUT2D eigenvalue weighted by Gasteiger charge is 1.88. The lowest BCUT2D eigenvalue weighted by molar-refractivity contribution is 0.219. The molecule has 68 valence electrons. The van der Waals surface area contributed by atoms with Crippen LogP contribution in [-0.2, 0) is 4.74 Å². The van der Waals surface area contributed by atoms with Gasteiger partial charge in [-0.15, -0.1) is 0 Å². The zero-order valence-electron chi connectivity index (χ0n) is 8.05. The van der Waals surface area contributed by atoms with E-state index in [1.165, 1.54) is 0 Å². The second-order valence-corrected chi connectivity index (χ2v) is 2.50. The molecule has 0 heterocycles. The molecule has 0 amide bonds. The summed E-state index contributed by atoms with van der Waals surface area (Å²) in [6.45, 7) is 8.57. The van der Waals surface area contributed by atoms with E-state index in [1.807, 2.05) is 25.2 Å². The van der Waals surface area contributed by atoms with Crippen molar-refractivity contribution in [3.8, 4) is 0 Å². The Morgan fingerprint density at radius 1 is 1.50 bits per heavy atom. The van der Waals surface area contributed by atoms with Crippen LogP contribution in [0.3, 0.4) is 0 Å². The van der Waals surface area contributed by atoms with E-state index in [0.29, 0.717) is 0 Å². The average Bonchev–Trinajstić information content (AvgIpc) is 2.11. The van der Waals surface area contributed by atoms with E-state index >= 15 is 0 Å². The standard InChI is InChI=1S/C11H18O/c1-4-7-9-11(6-3)12-10-8-5-2/h4,6-7,9H,3,5,8,10H2,1-2H3. The van der Waals surface area contributed by atoms with Crippen LogP contribution in [-0.4, -0.2) is 6.61 Å². The number of ether oxygens (including phenoxy) is 1. The minimum absolute atomic E-state index is 0.784. The molecule has 0 spiro atoms. The molecule has 0 saturated heterocycles. The molecule has 0 aliphatic carbocycles. The van der Waals surface area contributed by atoms with E-state index < -0.39 is 0 Å². The smallest absolute Gasteiger partial charge is 0.118 e. The Morgan fingerprint density at radius 2 is 2.25 bits per heavy atom. The summed E-state index contributed by atoms with van der Waals surface area (Å²) in [4.78, 5) is 0. The predicted octanol–water partition coefficient (Wildman–Crippen LogP) is 3.45. The first-order valence-electron chi connectivity index (χ1n) is 4.43. The van der Waals surface area contributed by atoms with Crippen molar-refractivity contribution in [2.24, 2.45) is 0 Å². The molecule has 0 saturated carbocycles. The van der Waals surface area contributed by atoms with Crippen molar-refractivity contribution in [2.45, 2.75) is 26.7 Å². The topological polar surface area (TPSA) is 9.23 Å². The molecule has 1 nitrogen and oxygen atoms in total. The monoisotopic (exact) mass is 166 g/mol. The van der Waals surface area contributed by atoms with Gasteiger partial charge in [-0.3, -0.25) is 0 Å². The fourth-order valence-electron chi connectivity index (χ4n) is 0.701. The summed E-state index contributed by atoms with van der Waals surface area (Å²) in [6, 6.07) is 0. The van der Waals surface area contributed by atoms with Crippen LogP contribution in [0.2, 0.25) is 0 Å². The van der Waals surface area contributed by atoms with Gasteiger partial charge in [0.25, 0.3) is 0 Å². The molecule has 0 atom stereocenters. The maximum absolute atomic E-state index is 5.43. The van der Waals surface area contributed by atoms with Crippen molar-refractivity contribution in [1.82, 2.24) is 0 Å². The van der Waals surface area contributed by atoms with Gasteiger partial charge in [0.15, 0.2) is 0 Å². The van der Waals surface area contributed by atoms with Crippen LogP contribution in [0.1, 0.15) is 26.7 Å². The normalized spacial score (nSPS) is 12.0. The number of hydrogen-bond acceptors (Lipinski definition) is 1. The third-order valence-electron chi connectivity index (χ3n) is 1.42. The number of allylic oxidation sites excluding steroid dienone is 4. The maximum atomic E-state index is 5.43. The quantitative estimate of drug-likeness (QED) is 0.333. The van der Waals surface area contributed by atoms with Crippen molar-refractivity contribution < 1.29 is 4.74 Å². The molecule has 0 aliphatic heterocycles. The van der Waals surface area contributed by atoms with Gasteiger partial charge in [-0.1, -0.05) is 32.1 Å². The van der Waals surface area contributed by atoms with Crippen molar-refractivity contribution in [2.75, 3.05) is 6.61 Å². The van der Waals surface area contributed by atoms with Crippen LogP contribution in [0, 0.1) is 0 Å². The lowest BCUT2D eigenvalue weighted by atomic mass is 10.3. The molecule has 1 heteroatoms. The maximum Gasteiger partial charge on any atom is 0.118 e. The van der Waals surface area contributed by atoms with E-state index in [4.69, 9.17) is 4.74 Å². The van der Waals surface area contributed by atoms with Gasteiger partial charge in [-0.25, -0.2) is 0 Å². The molecule has 0 fully saturated rings. The van der Waals surface area contributed by atoms with E-state index in [-0.39, 0.29) is 0 Å². The van der Waals surface area contributed by atoms with Crippen LogP contribution >= 0.6 is 0 Å². The lowest BCUT2D eigenvalue weighted by Crippen LogP contribution is -1.91. The predicted molar refractivity (Wildman–Crippen MR) is 54.0 cm³/mol. The van der Waals surface area contributed by atoms with Gasteiger partial charge in [0.2, 0.25) is 0 Å². The highest BCUT2D eigenvalue weighted by molar-refractivity contribution is 5.15. The Hall–Kier alpha value is -0.980. The fraction of sp³-hybridized carbons (Fsp3) is 0.455. The van der Waals surface area contributed by atoms with E-state index in [1.54, 1.807) is 6.08 Å². The summed E-state index contributed by atoms with van der Waals surface area (Å²) in [5.74, 6) is 0.849. The van der Waals surface area contributed by atoms with Crippen LogP contribution in [0.5, 0.6) is 0 Å². The third kappa shape index (κ3) is 5.78. The largest absolute Gasteiger partial charge is 0.494 e. The van der Waals surface area contributed by atoms with Crippen molar-refractivity contribution in [3.05, 3.63) is 36.6 Å². The molecule has 0 unspecified atom stereocenters. The molecule has 0 aliphatic rings. The first kappa shape index (κ1) is 11.0. The molecule has 0 N–H and O–H groups in total. The Bertz CT molecular complexity index is 166. The van der Waals surface area contributed by atoms with E-state index in [2.05, 4.69) is 13.5 Å². The number of unbranched alkanes of at least 4 members (excludes halogenated alkanes) is 1. The second kappa shape index (κ2) is 8.12. The Morgan fingerprint density at radius 3 is 2.75 bits per heavy atom. The SMILES string of the molecule is C=CC(=CC=CC)OCCCC. The van der Waals surface area contributed by atoms with Crippen LogP contribution in [0.15, 0.2) is 36.6 Å². The van der Waals surface area contributed by atoms with E-state index in [9.17, 15) is 0 Å². The minimum atomic E-state index is 0.784. The molecule has 12 heavy (non-hydrogen) atoms. The van der Waals surface area contributed by atoms with Gasteiger partial charge in [-0.2, -0.15) is 0 Å². The number of rotatable bonds is 6. The summed E-state index contributed by atoms with van der Waals surface area (Å²) >= 11 is 0. The fourth-order valence-corrected chi connectivity index (χ4v) is 0.701. The zero-order valence-corrected chi connectivity index (χ0v) is 8.05. The Balaban J connectivity index is 3.74. The minimum Gasteiger partial charge on any atom is -0.494 e. The molecule has 0 rings (SSSR count). The number of hydrogen-bond donors (Lipinski definition) is 0. The summed E-state index contributed by atoms with van der Waals surface area (Å²) in [7, 11) is 0. The van der Waals surface area contributed by atoms with Gasteiger partial charge >= 0.3 is 0 Å². The Labute approximate surface area is 75.4 Å². The first-order valence-corrected chi connectivity index (χ1v) is 4.43. The highest BCUT2D eigenvalue weighted by Crippen LogP contribution is 2.00. The highest BCUT2D eigenvalue weighted by atomic mass is 16.5.